The standard InChI is InChI=1S/C29H22F5NO/c1-2-36-21-14-27(32)23(28(33)15-21)10-5-17-4-9-22-20(11-17)8-7-19(29(22)34)6-3-18-12-25(30)24(16-35)26(31)13-18/h4,7-9,11-15H,2-3,5-6,10H2,1H3. The molecule has 0 aliphatic carbocycles. The molecule has 7 heteroatoms. The molecule has 0 aromatic heterocycles. The molecule has 0 amide bonds. The molecule has 2 nitrogen and oxygen atoms in total. The van der Waals surface area contributed by atoms with E-state index in [4.69, 9.17) is 10.00 Å². The van der Waals surface area contributed by atoms with Crippen LogP contribution in [-0.4, -0.2) is 6.61 Å². The molecule has 4 rings (SSSR count). The minimum absolute atomic E-state index is 0.0317. The summed E-state index contributed by atoms with van der Waals surface area (Å²) in [5.41, 5.74) is 0.840. The van der Waals surface area contributed by atoms with Crippen molar-refractivity contribution in [3.8, 4) is 11.8 Å². The number of benzene rings is 4. The number of rotatable bonds is 8. The molecular weight excluding hydrogens is 473 g/mol. The van der Waals surface area contributed by atoms with Crippen molar-refractivity contribution in [1.82, 2.24) is 0 Å². The molecule has 0 aliphatic heterocycles. The van der Waals surface area contributed by atoms with Crippen molar-refractivity contribution in [2.75, 3.05) is 6.61 Å². The van der Waals surface area contributed by atoms with Crippen molar-refractivity contribution in [3.05, 3.63) is 112 Å². The highest BCUT2D eigenvalue weighted by molar-refractivity contribution is 5.84. The molecule has 0 spiro atoms. The summed E-state index contributed by atoms with van der Waals surface area (Å²) < 4.78 is 76.7. The van der Waals surface area contributed by atoms with Gasteiger partial charge in [-0.2, -0.15) is 5.26 Å². The minimum atomic E-state index is -0.941. The van der Waals surface area contributed by atoms with Crippen LogP contribution in [0.1, 0.15) is 34.7 Å². The fourth-order valence-electron chi connectivity index (χ4n) is 4.23. The van der Waals surface area contributed by atoms with Crippen molar-refractivity contribution in [1.29, 1.82) is 5.26 Å². The van der Waals surface area contributed by atoms with Gasteiger partial charge in [-0.15, -0.1) is 0 Å². The molecule has 0 aliphatic rings. The second-order valence-electron chi connectivity index (χ2n) is 8.44. The largest absolute Gasteiger partial charge is 0.494 e. The predicted octanol–water partition coefficient (Wildman–Crippen LogP) is 7.38. The first-order valence-electron chi connectivity index (χ1n) is 11.5. The third-order valence-corrected chi connectivity index (χ3v) is 6.08. The number of nitrogens with zero attached hydrogens (tertiary/aromatic N) is 1. The highest BCUT2D eigenvalue weighted by Crippen LogP contribution is 2.26. The second kappa shape index (κ2) is 10.8. The van der Waals surface area contributed by atoms with Crippen LogP contribution in [0.3, 0.4) is 0 Å². The van der Waals surface area contributed by atoms with E-state index in [1.54, 1.807) is 37.3 Å². The van der Waals surface area contributed by atoms with Crippen LogP contribution in [0.15, 0.2) is 54.6 Å². The van der Waals surface area contributed by atoms with Gasteiger partial charge in [-0.25, -0.2) is 22.0 Å². The number of hydrogen-bond acceptors (Lipinski definition) is 2. The van der Waals surface area contributed by atoms with Gasteiger partial charge >= 0.3 is 0 Å². The molecule has 4 aromatic carbocycles. The smallest absolute Gasteiger partial charge is 0.144 e. The normalized spacial score (nSPS) is 11.0. The van der Waals surface area contributed by atoms with Crippen LogP contribution >= 0.6 is 0 Å². The number of aryl methyl sites for hydroxylation is 3. The van der Waals surface area contributed by atoms with E-state index in [-0.39, 0.29) is 30.6 Å². The molecule has 36 heavy (non-hydrogen) atoms. The Morgan fingerprint density at radius 1 is 0.722 bits per heavy atom. The number of nitriles is 1. The van der Waals surface area contributed by atoms with E-state index in [1.165, 1.54) is 18.2 Å². The fourth-order valence-corrected chi connectivity index (χ4v) is 4.23. The lowest BCUT2D eigenvalue weighted by Gasteiger charge is -2.11. The monoisotopic (exact) mass is 495 g/mol. The van der Waals surface area contributed by atoms with Crippen LogP contribution in [-0.2, 0) is 25.7 Å². The van der Waals surface area contributed by atoms with Gasteiger partial charge in [0.1, 0.15) is 46.5 Å². The Morgan fingerprint density at radius 2 is 1.39 bits per heavy atom. The molecule has 4 aromatic rings. The second-order valence-corrected chi connectivity index (χ2v) is 8.44. The lowest BCUT2D eigenvalue weighted by Crippen LogP contribution is -2.02. The zero-order valence-corrected chi connectivity index (χ0v) is 19.5. The molecule has 0 heterocycles. The quantitative estimate of drug-likeness (QED) is 0.239. The highest BCUT2D eigenvalue weighted by Gasteiger charge is 2.14. The summed E-state index contributed by atoms with van der Waals surface area (Å²) in [4.78, 5) is 0. The van der Waals surface area contributed by atoms with Gasteiger partial charge in [0.2, 0.25) is 0 Å². The van der Waals surface area contributed by atoms with Crippen LogP contribution in [0.4, 0.5) is 22.0 Å². The zero-order valence-electron chi connectivity index (χ0n) is 19.5. The average Bonchev–Trinajstić information content (AvgIpc) is 2.83. The number of ether oxygens (including phenoxy) is 1. The SMILES string of the molecule is CCOc1cc(F)c(CCc2ccc3c(F)c(CCc4cc(F)c(C#N)c(F)c4)ccc3c2)c(F)c1. The van der Waals surface area contributed by atoms with Crippen LogP contribution in [0.5, 0.6) is 5.75 Å². The third kappa shape index (κ3) is 5.33. The number of hydrogen-bond donors (Lipinski definition) is 0. The maximum Gasteiger partial charge on any atom is 0.144 e. The third-order valence-electron chi connectivity index (χ3n) is 6.08. The average molecular weight is 495 g/mol. The molecule has 0 unspecified atom stereocenters. The topological polar surface area (TPSA) is 33.0 Å². The first-order valence-corrected chi connectivity index (χ1v) is 11.5. The van der Waals surface area contributed by atoms with Crippen molar-refractivity contribution in [2.24, 2.45) is 0 Å². The Hall–Kier alpha value is -3.92. The van der Waals surface area contributed by atoms with Crippen molar-refractivity contribution < 1.29 is 26.7 Å². The van der Waals surface area contributed by atoms with Crippen LogP contribution in [0, 0.1) is 40.4 Å². The first kappa shape index (κ1) is 25.2. The van der Waals surface area contributed by atoms with Crippen LogP contribution in [0.25, 0.3) is 10.8 Å². The van der Waals surface area contributed by atoms with E-state index >= 15 is 4.39 Å². The van der Waals surface area contributed by atoms with E-state index in [9.17, 15) is 17.6 Å². The molecule has 0 saturated carbocycles. The Bertz CT molecular complexity index is 1430. The van der Waals surface area contributed by atoms with E-state index in [0.717, 1.165) is 17.7 Å². The van der Waals surface area contributed by atoms with Gasteiger partial charge in [-0.1, -0.05) is 30.3 Å². The summed E-state index contributed by atoms with van der Waals surface area (Å²) >= 11 is 0. The predicted molar refractivity (Wildman–Crippen MR) is 127 cm³/mol. The molecule has 0 N–H and O–H groups in total. The Balaban J connectivity index is 1.48. The van der Waals surface area contributed by atoms with Crippen LogP contribution < -0.4 is 4.74 Å². The summed E-state index contributed by atoms with van der Waals surface area (Å²) in [6.07, 6.45) is 0.897. The Morgan fingerprint density at radius 3 is 2.03 bits per heavy atom. The zero-order chi connectivity index (χ0) is 25.8. The van der Waals surface area contributed by atoms with Gasteiger partial charge in [0.25, 0.3) is 0 Å². The van der Waals surface area contributed by atoms with Gasteiger partial charge < -0.3 is 4.74 Å². The molecular formula is C29H22F5NO. The summed E-state index contributed by atoms with van der Waals surface area (Å²) in [6.45, 7) is 2.03. The Labute approximate surface area is 205 Å². The Kier molecular flexibility index (Phi) is 7.54. The molecule has 0 radical (unpaired) electrons. The van der Waals surface area contributed by atoms with E-state index < -0.39 is 34.6 Å². The molecule has 0 fully saturated rings. The number of fused-ring (bicyclic) bond motifs is 1. The maximum atomic E-state index is 15.1. The summed E-state index contributed by atoms with van der Waals surface area (Å²) in [5.74, 6) is -3.51. The molecule has 0 atom stereocenters. The van der Waals surface area contributed by atoms with E-state index in [0.29, 0.717) is 34.9 Å². The summed E-state index contributed by atoms with van der Waals surface area (Å²) in [7, 11) is 0. The number of halogens is 5. The maximum absolute atomic E-state index is 15.1. The lowest BCUT2D eigenvalue weighted by molar-refractivity contribution is 0.335. The van der Waals surface area contributed by atoms with E-state index in [1.807, 2.05) is 0 Å². The minimum Gasteiger partial charge on any atom is -0.494 e. The van der Waals surface area contributed by atoms with Crippen molar-refractivity contribution in [2.45, 2.75) is 32.6 Å². The van der Waals surface area contributed by atoms with Crippen molar-refractivity contribution in [3.63, 3.8) is 0 Å². The van der Waals surface area contributed by atoms with Gasteiger partial charge in [-0.3, -0.25) is 0 Å². The summed E-state index contributed by atoms with van der Waals surface area (Å²) in [5, 5.41) is 9.80. The van der Waals surface area contributed by atoms with E-state index in [2.05, 4.69) is 0 Å². The van der Waals surface area contributed by atoms with Gasteiger partial charge in [-0.05, 0) is 66.8 Å². The van der Waals surface area contributed by atoms with Crippen LogP contribution in [0.2, 0.25) is 0 Å². The summed E-state index contributed by atoms with van der Waals surface area (Å²) in [6, 6.07) is 14.5. The van der Waals surface area contributed by atoms with Gasteiger partial charge in [0.15, 0.2) is 0 Å². The molecule has 0 saturated heterocycles. The first-order chi connectivity index (χ1) is 17.3. The fraction of sp³-hybridized carbons (Fsp3) is 0.207. The lowest BCUT2D eigenvalue weighted by atomic mass is 9.97. The molecule has 0 bridgehead atoms. The van der Waals surface area contributed by atoms with Crippen molar-refractivity contribution >= 4 is 10.8 Å². The van der Waals surface area contributed by atoms with Gasteiger partial charge in [0, 0.05) is 23.1 Å². The van der Waals surface area contributed by atoms with Gasteiger partial charge in [0.05, 0.1) is 6.61 Å². The molecule has 184 valence electrons. The highest BCUT2D eigenvalue weighted by atomic mass is 19.1.